The highest BCUT2D eigenvalue weighted by Gasteiger charge is 2.33. The van der Waals surface area contributed by atoms with Crippen LogP contribution in [0.2, 0.25) is 0 Å². The van der Waals surface area contributed by atoms with Crippen LogP contribution in [-0.2, 0) is 0 Å². The molecule has 0 saturated heterocycles. The molecule has 1 aromatic heterocycles. The fourth-order valence-electron chi connectivity index (χ4n) is 3.74. The second-order valence-corrected chi connectivity index (χ2v) is 7.70. The third-order valence-corrected chi connectivity index (χ3v) is 5.13. The second kappa shape index (κ2) is 7.40. The molecule has 0 spiro atoms. The van der Waals surface area contributed by atoms with Gasteiger partial charge < -0.3 is 5.32 Å². The van der Waals surface area contributed by atoms with Crippen molar-refractivity contribution in [3.05, 3.63) is 30.1 Å². The van der Waals surface area contributed by atoms with Crippen molar-refractivity contribution in [2.75, 3.05) is 6.54 Å². The molecular formula is C19H32N2. The average molecular weight is 288 g/mol. The third-order valence-electron chi connectivity index (χ3n) is 5.13. The van der Waals surface area contributed by atoms with E-state index < -0.39 is 0 Å². The fourth-order valence-corrected chi connectivity index (χ4v) is 3.74. The maximum atomic E-state index is 4.32. The number of hydrogen-bond acceptors (Lipinski definition) is 2. The van der Waals surface area contributed by atoms with E-state index in [9.17, 15) is 0 Å². The van der Waals surface area contributed by atoms with Gasteiger partial charge in [0.25, 0.3) is 0 Å². The average Bonchev–Trinajstić information content (AvgIpc) is 2.48. The summed E-state index contributed by atoms with van der Waals surface area (Å²) >= 11 is 0. The molecule has 21 heavy (non-hydrogen) atoms. The summed E-state index contributed by atoms with van der Waals surface area (Å²) in [5.41, 5.74) is 1.83. The summed E-state index contributed by atoms with van der Waals surface area (Å²) in [6.45, 7) is 10.5. The molecule has 1 heterocycles. The van der Waals surface area contributed by atoms with Gasteiger partial charge in [-0.25, -0.2) is 0 Å². The van der Waals surface area contributed by atoms with Gasteiger partial charge in [0.15, 0.2) is 0 Å². The zero-order chi connectivity index (χ0) is 15.3. The van der Waals surface area contributed by atoms with Crippen molar-refractivity contribution in [3.8, 4) is 0 Å². The first-order valence-electron chi connectivity index (χ1n) is 8.65. The molecular weight excluding hydrogens is 256 g/mol. The topological polar surface area (TPSA) is 24.9 Å². The Labute approximate surface area is 130 Å². The van der Waals surface area contributed by atoms with Crippen molar-refractivity contribution in [3.63, 3.8) is 0 Å². The Kier molecular flexibility index (Phi) is 5.80. The van der Waals surface area contributed by atoms with E-state index in [-0.39, 0.29) is 0 Å². The largest absolute Gasteiger partial charge is 0.310 e. The number of pyridine rings is 1. The predicted octanol–water partition coefficient (Wildman–Crippen LogP) is 4.97. The van der Waals surface area contributed by atoms with Gasteiger partial charge >= 0.3 is 0 Å². The van der Waals surface area contributed by atoms with Crippen molar-refractivity contribution in [2.45, 2.75) is 65.8 Å². The van der Waals surface area contributed by atoms with Crippen LogP contribution in [0.3, 0.4) is 0 Å². The Morgan fingerprint density at radius 3 is 2.48 bits per heavy atom. The first-order chi connectivity index (χ1) is 10.0. The second-order valence-electron chi connectivity index (χ2n) is 7.70. The van der Waals surface area contributed by atoms with Crippen LogP contribution in [0.5, 0.6) is 0 Å². The van der Waals surface area contributed by atoms with E-state index in [4.69, 9.17) is 0 Å². The van der Waals surface area contributed by atoms with Gasteiger partial charge in [-0.05, 0) is 67.5 Å². The van der Waals surface area contributed by atoms with Crippen LogP contribution in [-0.4, -0.2) is 11.5 Å². The smallest absolute Gasteiger partial charge is 0.0363 e. The third kappa shape index (κ3) is 4.54. The van der Waals surface area contributed by atoms with Gasteiger partial charge in [-0.2, -0.15) is 0 Å². The predicted molar refractivity (Wildman–Crippen MR) is 90.2 cm³/mol. The lowest BCUT2D eigenvalue weighted by molar-refractivity contribution is 0.132. The zero-order valence-corrected chi connectivity index (χ0v) is 14.2. The van der Waals surface area contributed by atoms with Crippen LogP contribution >= 0.6 is 0 Å². The molecule has 1 aromatic rings. The summed E-state index contributed by atoms with van der Waals surface area (Å²) in [5, 5.41) is 3.77. The highest BCUT2D eigenvalue weighted by molar-refractivity contribution is 5.15. The Bertz CT molecular complexity index is 399. The quantitative estimate of drug-likeness (QED) is 0.827. The van der Waals surface area contributed by atoms with Gasteiger partial charge in [0.2, 0.25) is 0 Å². The first kappa shape index (κ1) is 16.5. The minimum absolute atomic E-state index is 0.464. The minimum atomic E-state index is 0.464. The molecule has 0 aliphatic heterocycles. The molecule has 1 N–H and O–H groups in total. The normalized spacial score (nSPS) is 24.8. The summed E-state index contributed by atoms with van der Waals surface area (Å²) in [4.78, 5) is 4.32. The zero-order valence-electron chi connectivity index (χ0n) is 14.2. The van der Waals surface area contributed by atoms with Gasteiger partial charge in [0.05, 0.1) is 0 Å². The highest BCUT2D eigenvalue weighted by Crippen LogP contribution is 2.43. The number of aromatic nitrogens is 1. The Hall–Kier alpha value is -0.890. The number of hydrogen-bond donors (Lipinski definition) is 1. The van der Waals surface area contributed by atoms with Gasteiger partial charge in [-0.3, -0.25) is 4.98 Å². The molecule has 0 bridgehead atoms. The van der Waals surface area contributed by atoms with Gasteiger partial charge in [0.1, 0.15) is 0 Å². The molecule has 1 fully saturated rings. The van der Waals surface area contributed by atoms with E-state index in [1.54, 1.807) is 0 Å². The van der Waals surface area contributed by atoms with Gasteiger partial charge in [-0.15, -0.1) is 0 Å². The van der Waals surface area contributed by atoms with E-state index in [0.717, 1.165) is 18.4 Å². The lowest BCUT2D eigenvalue weighted by atomic mass is 9.68. The van der Waals surface area contributed by atoms with E-state index in [1.165, 1.54) is 37.7 Å². The van der Waals surface area contributed by atoms with Gasteiger partial charge in [-0.1, -0.05) is 33.8 Å². The molecule has 0 amide bonds. The SMILES string of the molecule is CCCNC(c1cccnc1)C1CCC(C(C)(C)C)CC1. The molecule has 2 heteroatoms. The van der Waals surface area contributed by atoms with Crippen molar-refractivity contribution < 1.29 is 0 Å². The number of rotatable bonds is 5. The summed E-state index contributed by atoms with van der Waals surface area (Å²) < 4.78 is 0. The standard InChI is InChI=1S/C19H32N2/c1-5-12-21-18(16-7-6-13-20-14-16)15-8-10-17(11-9-15)19(2,3)4/h6-7,13-15,17-18,21H,5,8-12H2,1-4H3. The molecule has 1 aliphatic rings. The van der Waals surface area contributed by atoms with Gasteiger partial charge in [0, 0.05) is 18.4 Å². The molecule has 0 aromatic carbocycles. The maximum absolute atomic E-state index is 4.32. The van der Waals surface area contributed by atoms with Crippen LogP contribution < -0.4 is 5.32 Å². The molecule has 1 aliphatic carbocycles. The summed E-state index contributed by atoms with van der Waals surface area (Å²) in [7, 11) is 0. The molecule has 1 atom stereocenters. The first-order valence-corrected chi connectivity index (χ1v) is 8.65. The molecule has 1 saturated carbocycles. The van der Waals surface area contributed by atoms with Crippen LogP contribution in [0.25, 0.3) is 0 Å². The van der Waals surface area contributed by atoms with Crippen molar-refractivity contribution in [1.82, 2.24) is 10.3 Å². The van der Waals surface area contributed by atoms with Crippen LogP contribution in [0.1, 0.15) is 71.4 Å². The van der Waals surface area contributed by atoms with Crippen LogP contribution in [0, 0.1) is 17.3 Å². The minimum Gasteiger partial charge on any atom is -0.310 e. The number of nitrogens with one attached hydrogen (secondary N) is 1. The summed E-state index contributed by atoms with van der Waals surface area (Å²) in [5.74, 6) is 1.65. The molecule has 2 rings (SSSR count). The van der Waals surface area contributed by atoms with Crippen LogP contribution in [0.15, 0.2) is 24.5 Å². The Morgan fingerprint density at radius 2 is 1.95 bits per heavy atom. The van der Waals surface area contributed by atoms with Crippen molar-refractivity contribution in [1.29, 1.82) is 0 Å². The van der Waals surface area contributed by atoms with E-state index in [1.807, 2.05) is 12.4 Å². The Morgan fingerprint density at radius 1 is 1.24 bits per heavy atom. The molecule has 2 nitrogen and oxygen atoms in total. The van der Waals surface area contributed by atoms with Crippen molar-refractivity contribution in [2.24, 2.45) is 17.3 Å². The lowest BCUT2D eigenvalue weighted by Crippen LogP contribution is -2.34. The lowest BCUT2D eigenvalue weighted by Gasteiger charge is -2.39. The highest BCUT2D eigenvalue weighted by atomic mass is 14.9. The van der Waals surface area contributed by atoms with E-state index >= 15 is 0 Å². The molecule has 0 radical (unpaired) electrons. The summed E-state index contributed by atoms with van der Waals surface area (Å²) in [6, 6.07) is 4.78. The molecule has 118 valence electrons. The van der Waals surface area contributed by atoms with E-state index in [2.05, 4.69) is 50.1 Å². The monoisotopic (exact) mass is 288 g/mol. The van der Waals surface area contributed by atoms with Crippen molar-refractivity contribution >= 4 is 0 Å². The molecule has 1 unspecified atom stereocenters. The van der Waals surface area contributed by atoms with Crippen LogP contribution in [0.4, 0.5) is 0 Å². The van der Waals surface area contributed by atoms with E-state index in [0.29, 0.717) is 11.5 Å². The maximum Gasteiger partial charge on any atom is 0.0363 e. The fraction of sp³-hybridized carbons (Fsp3) is 0.737. The Balaban J connectivity index is 2.02. The summed E-state index contributed by atoms with van der Waals surface area (Å²) in [6.07, 6.45) is 10.5. The number of nitrogens with zero attached hydrogens (tertiary/aromatic N) is 1.